The molecule has 0 amide bonds. The van der Waals surface area contributed by atoms with Crippen molar-refractivity contribution in [2.45, 2.75) is 38.9 Å². The highest BCUT2D eigenvalue weighted by molar-refractivity contribution is 6.57. The van der Waals surface area contributed by atoms with Gasteiger partial charge in [0.15, 0.2) is 0 Å². The predicted molar refractivity (Wildman–Crippen MR) is 135 cm³/mol. The third-order valence-electron chi connectivity index (χ3n) is 6.68. The molecule has 0 bridgehead atoms. The van der Waals surface area contributed by atoms with Gasteiger partial charge in [-0.2, -0.15) is 0 Å². The van der Waals surface area contributed by atoms with E-state index in [-0.39, 0.29) is 0 Å². The molecule has 1 heterocycles. The van der Waals surface area contributed by atoms with E-state index in [4.69, 9.17) is 4.65 Å². The molecule has 159 valence electrons. The van der Waals surface area contributed by atoms with Crippen LogP contribution in [0.2, 0.25) is 0 Å². The molecule has 4 aromatic carbocycles. The molecular weight excluding hydrogens is 393 g/mol. The van der Waals surface area contributed by atoms with Crippen LogP contribution in [0.4, 0.5) is 0 Å². The number of nitrogens with zero attached hydrogens (tertiary/aromatic N) is 1. The number of aliphatic hydroxyl groups is 1. The molecule has 0 unspecified atom stereocenters. The van der Waals surface area contributed by atoms with E-state index < -0.39 is 11.2 Å². The van der Waals surface area contributed by atoms with Gasteiger partial charge < -0.3 is 14.3 Å². The quantitative estimate of drug-likeness (QED) is 0.368. The van der Waals surface area contributed by atoms with Gasteiger partial charge in [0, 0.05) is 16.5 Å². The first-order valence-corrected chi connectivity index (χ1v) is 11.0. The second-order valence-electron chi connectivity index (χ2n) is 9.40. The Hall–Kier alpha value is -3.08. The molecule has 1 N–H and O–H groups in total. The molecule has 3 nitrogen and oxygen atoms in total. The first-order chi connectivity index (χ1) is 15.3. The van der Waals surface area contributed by atoms with Crippen LogP contribution in [0, 0.1) is 0 Å². The van der Waals surface area contributed by atoms with Crippen LogP contribution in [0.5, 0.6) is 0 Å². The van der Waals surface area contributed by atoms with Crippen molar-refractivity contribution in [2.75, 3.05) is 0 Å². The third kappa shape index (κ3) is 3.31. The Bertz CT molecular complexity index is 1430. The summed E-state index contributed by atoms with van der Waals surface area (Å²) in [6, 6.07) is 29.6. The van der Waals surface area contributed by atoms with E-state index in [1.54, 1.807) is 13.8 Å². The van der Waals surface area contributed by atoms with Crippen LogP contribution in [-0.2, 0) is 4.65 Å². The normalized spacial score (nSPS) is 12.7. The van der Waals surface area contributed by atoms with Crippen LogP contribution in [-0.4, -0.2) is 28.4 Å². The lowest BCUT2D eigenvalue weighted by Crippen LogP contribution is -2.49. The number of para-hydroxylation sites is 2. The smallest absolute Gasteiger partial charge is 0.332 e. The molecule has 0 aliphatic heterocycles. The molecule has 4 heteroatoms. The molecule has 0 aliphatic rings. The van der Waals surface area contributed by atoms with Crippen molar-refractivity contribution < 1.29 is 9.76 Å². The molecule has 1 aromatic heterocycles. The Morgan fingerprint density at radius 1 is 0.750 bits per heavy atom. The van der Waals surface area contributed by atoms with Crippen molar-refractivity contribution in [3.05, 3.63) is 84.9 Å². The molecule has 5 rings (SSSR count). The van der Waals surface area contributed by atoms with Crippen molar-refractivity contribution in [1.82, 2.24) is 4.57 Å². The zero-order chi connectivity index (χ0) is 22.5. The summed E-state index contributed by atoms with van der Waals surface area (Å²) in [6.45, 7) is 7.39. The Morgan fingerprint density at radius 3 is 2.09 bits per heavy atom. The van der Waals surface area contributed by atoms with Gasteiger partial charge in [-0.15, -0.1) is 0 Å². The minimum absolute atomic E-state index is 0.756. The maximum Gasteiger partial charge on any atom is 0.332 e. The van der Waals surface area contributed by atoms with Gasteiger partial charge in [-0.3, -0.25) is 0 Å². The van der Waals surface area contributed by atoms with E-state index in [2.05, 4.69) is 83.4 Å². The Morgan fingerprint density at radius 2 is 1.38 bits per heavy atom. The van der Waals surface area contributed by atoms with Gasteiger partial charge in [0.1, 0.15) is 0 Å². The van der Waals surface area contributed by atoms with Crippen LogP contribution < -0.4 is 5.46 Å². The summed E-state index contributed by atoms with van der Waals surface area (Å²) < 4.78 is 8.59. The standard InChI is InChI=1S/C28H27BNO2/c1-27(2,31)28(3,4)32-29-26-21-15-9-8-12-19(21)18-24-25(26)22-16-10-11-17-23(22)30(24)20-13-6-5-7-14-20/h5-18,31H,1-4H3. The van der Waals surface area contributed by atoms with E-state index in [0.717, 1.165) is 38.3 Å². The molecule has 0 aliphatic carbocycles. The third-order valence-corrected chi connectivity index (χ3v) is 6.68. The van der Waals surface area contributed by atoms with E-state index in [0.29, 0.717) is 0 Å². The highest BCUT2D eigenvalue weighted by Gasteiger charge is 2.36. The summed E-state index contributed by atoms with van der Waals surface area (Å²) in [6.07, 6.45) is 0. The lowest BCUT2D eigenvalue weighted by atomic mass is 9.78. The van der Waals surface area contributed by atoms with E-state index in [1.807, 2.05) is 27.4 Å². The van der Waals surface area contributed by atoms with Crippen LogP contribution in [0.3, 0.4) is 0 Å². The second kappa shape index (κ2) is 7.51. The Kier molecular flexibility index (Phi) is 4.88. The lowest BCUT2D eigenvalue weighted by Gasteiger charge is -2.37. The minimum atomic E-state index is -0.995. The number of aromatic nitrogens is 1. The molecule has 1 radical (unpaired) electrons. The van der Waals surface area contributed by atoms with Crippen LogP contribution in [0.25, 0.3) is 38.3 Å². The van der Waals surface area contributed by atoms with Crippen LogP contribution in [0.15, 0.2) is 84.9 Å². The Balaban J connectivity index is 1.84. The van der Waals surface area contributed by atoms with Gasteiger partial charge in [0.2, 0.25) is 0 Å². The second-order valence-corrected chi connectivity index (χ2v) is 9.40. The van der Waals surface area contributed by atoms with Gasteiger partial charge >= 0.3 is 7.48 Å². The first kappa shape index (κ1) is 20.8. The molecule has 32 heavy (non-hydrogen) atoms. The topological polar surface area (TPSA) is 34.4 Å². The molecule has 0 spiro atoms. The molecule has 0 atom stereocenters. The summed E-state index contributed by atoms with van der Waals surface area (Å²) in [7, 11) is 1.84. The van der Waals surface area contributed by atoms with Gasteiger partial charge in [0.05, 0.1) is 22.2 Å². The van der Waals surface area contributed by atoms with Crippen LogP contribution >= 0.6 is 0 Å². The molecule has 0 fully saturated rings. The summed E-state index contributed by atoms with van der Waals surface area (Å²) in [5.41, 5.74) is 2.69. The van der Waals surface area contributed by atoms with Crippen molar-refractivity contribution in [2.24, 2.45) is 0 Å². The lowest BCUT2D eigenvalue weighted by molar-refractivity contribution is -0.0892. The summed E-state index contributed by atoms with van der Waals surface area (Å²) in [5.74, 6) is 0. The monoisotopic (exact) mass is 420 g/mol. The molecule has 0 saturated heterocycles. The number of hydrogen-bond donors (Lipinski definition) is 1. The van der Waals surface area contributed by atoms with E-state index in [9.17, 15) is 5.11 Å². The number of rotatable bonds is 5. The average Bonchev–Trinajstić information content (AvgIpc) is 3.10. The number of hydrogen-bond acceptors (Lipinski definition) is 2. The summed E-state index contributed by atoms with van der Waals surface area (Å²) in [5, 5.41) is 15.2. The van der Waals surface area contributed by atoms with Crippen molar-refractivity contribution in [3.8, 4) is 5.69 Å². The largest absolute Gasteiger partial charge is 0.427 e. The van der Waals surface area contributed by atoms with Gasteiger partial charge in [-0.1, -0.05) is 60.7 Å². The zero-order valence-electron chi connectivity index (χ0n) is 19.0. The number of benzene rings is 4. The maximum absolute atomic E-state index is 10.6. The SMILES string of the molecule is CC(C)(O)C(C)(C)O[B]c1c2ccccc2cc2c1c1ccccc1n2-c1ccccc1. The van der Waals surface area contributed by atoms with Gasteiger partial charge in [0.25, 0.3) is 0 Å². The first-order valence-electron chi connectivity index (χ1n) is 11.0. The fourth-order valence-electron chi connectivity index (χ4n) is 4.16. The van der Waals surface area contributed by atoms with Gasteiger partial charge in [-0.05, 0) is 68.2 Å². The predicted octanol–water partition coefficient (Wildman–Crippen LogP) is 5.75. The molecule has 0 saturated carbocycles. The fraction of sp³-hybridized carbons (Fsp3) is 0.214. The van der Waals surface area contributed by atoms with E-state index in [1.165, 1.54) is 5.39 Å². The molecular formula is C28H27BNO2. The number of fused-ring (bicyclic) bond motifs is 4. The average molecular weight is 420 g/mol. The molecule has 5 aromatic rings. The summed E-state index contributed by atoms with van der Waals surface area (Å²) >= 11 is 0. The van der Waals surface area contributed by atoms with Crippen LogP contribution in [0.1, 0.15) is 27.7 Å². The highest BCUT2D eigenvalue weighted by atomic mass is 16.5. The minimum Gasteiger partial charge on any atom is -0.427 e. The van der Waals surface area contributed by atoms with Crippen molar-refractivity contribution in [3.63, 3.8) is 0 Å². The summed E-state index contributed by atoms with van der Waals surface area (Å²) in [4.78, 5) is 0. The van der Waals surface area contributed by atoms with Gasteiger partial charge in [-0.25, -0.2) is 0 Å². The fourth-order valence-corrected chi connectivity index (χ4v) is 4.16. The zero-order valence-corrected chi connectivity index (χ0v) is 19.0. The maximum atomic E-state index is 10.6. The van der Waals surface area contributed by atoms with E-state index >= 15 is 0 Å². The van der Waals surface area contributed by atoms with Crippen molar-refractivity contribution >= 4 is 45.5 Å². The Labute approximate surface area is 189 Å². The highest BCUT2D eigenvalue weighted by Crippen LogP contribution is 2.34. The van der Waals surface area contributed by atoms with Crippen molar-refractivity contribution in [1.29, 1.82) is 0 Å².